The number of nitrogens with zero attached hydrogens (tertiary/aromatic N) is 3. The molecule has 14 nitrogen and oxygen atoms in total. The molecular weight excluding hydrogens is 1060 g/mol. The summed E-state index contributed by atoms with van der Waals surface area (Å²) in [6, 6.07) is 57.2. The van der Waals surface area contributed by atoms with Crippen molar-refractivity contribution in [3.05, 3.63) is 226 Å². The summed E-state index contributed by atoms with van der Waals surface area (Å²) in [6.45, 7) is 3.13. The predicted molar refractivity (Wildman–Crippen MR) is 324 cm³/mol. The van der Waals surface area contributed by atoms with Gasteiger partial charge in [-0.25, -0.2) is 0 Å². The van der Waals surface area contributed by atoms with E-state index in [1.54, 1.807) is 0 Å². The number of azide groups is 1. The third-order valence-corrected chi connectivity index (χ3v) is 15.6. The van der Waals surface area contributed by atoms with Crippen LogP contribution in [0.15, 0.2) is 187 Å². The molecule has 0 amide bonds. The molecule has 8 rings (SSSR count). The van der Waals surface area contributed by atoms with Crippen LogP contribution in [0.25, 0.3) is 10.4 Å². The van der Waals surface area contributed by atoms with Crippen LogP contribution in [0, 0.1) is 0 Å². The average molecular weight is 1150 g/mol. The fourth-order valence-electron chi connectivity index (χ4n) is 11.1. The monoisotopic (exact) mass is 1150 g/mol. The lowest BCUT2D eigenvalue weighted by Gasteiger charge is -2.50. The van der Waals surface area contributed by atoms with Crippen LogP contribution >= 0.6 is 0 Å². The van der Waals surface area contributed by atoms with Gasteiger partial charge in [-0.3, -0.25) is 4.79 Å². The summed E-state index contributed by atoms with van der Waals surface area (Å²) in [5.74, 6) is -0.482. The van der Waals surface area contributed by atoms with Crippen molar-refractivity contribution in [2.45, 2.75) is 204 Å². The van der Waals surface area contributed by atoms with Crippen molar-refractivity contribution in [3.8, 4) is 0 Å². The second-order valence-corrected chi connectivity index (χ2v) is 22.1. The number of aliphatic hydroxyl groups excluding tert-OH is 1. The van der Waals surface area contributed by atoms with Crippen molar-refractivity contribution >= 4 is 5.97 Å². The number of benzene rings is 6. The zero-order valence-corrected chi connectivity index (χ0v) is 48.9. The largest absolute Gasteiger partial charge is 0.457 e. The topological polar surface area (TPSA) is 169 Å². The molecule has 11 atom stereocenters. The van der Waals surface area contributed by atoms with E-state index >= 15 is 0 Å². The van der Waals surface area contributed by atoms with Gasteiger partial charge in [0.25, 0.3) is 0 Å². The third kappa shape index (κ3) is 20.8. The van der Waals surface area contributed by atoms with Gasteiger partial charge in [-0.05, 0) is 45.3 Å². The Morgan fingerprint density at radius 1 is 0.452 bits per heavy atom. The Morgan fingerprint density at radius 2 is 0.798 bits per heavy atom. The number of hydrogen-bond donors (Lipinski definition) is 1. The summed E-state index contributed by atoms with van der Waals surface area (Å²) in [5.41, 5.74) is 15.8. The summed E-state index contributed by atoms with van der Waals surface area (Å²) >= 11 is 0. The minimum atomic E-state index is -1.60. The second kappa shape index (κ2) is 36.6. The van der Waals surface area contributed by atoms with Gasteiger partial charge in [-0.2, -0.15) is 0 Å². The average Bonchev–Trinajstić information content (AvgIpc) is 2.74. The highest BCUT2D eigenvalue weighted by atomic mass is 16.7. The lowest BCUT2D eigenvalue weighted by molar-refractivity contribution is -0.336. The molecule has 14 heteroatoms. The van der Waals surface area contributed by atoms with E-state index in [9.17, 15) is 15.4 Å². The van der Waals surface area contributed by atoms with E-state index in [0.717, 1.165) is 52.6 Å². The molecule has 1 aliphatic heterocycles. The maximum Gasteiger partial charge on any atom is 0.306 e. The van der Waals surface area contributed by atoms with Crippen molar-refractivity contribution in [2.75, 3.05) is 6.61 Å². The van der Waals surface area contributed by atoms with E-state index < -0.39 is 73.2 Å². The molecule has 0 spiro atoms. The fourth-order valence-corrected chi connectivity index (χ4v) is 11.1. The zero-order chi connectivity index (χ0) is 58.2. The minimum Gasteiger partial charge on any atom is -0.457 e. The van der Waals surface area contributed by atoms with Crippen molar-refractivity contribution < 1.29 is 52.5 Å². The molecular formula is C70H87N3O11. The number of unbranched alkanes of at least 4 members (excludes halogenated alkanes) is 12. The van der Waals surface area contributed by atoms with Crippen LogP contribution in [-0.4, -0.2) is 85.0 Å². The molecule has 5 unspecified atom stereocenters. The molecule has 448 valence electrons. The first-order valence-corrected chi connectivity index (χ1v) is 30.6. The van der Waals surface area contributed by atoms with Gasteiger partial charge in [-0.1, -0.05) is 271 Å². The maximum atomic E-state index is 14.3. The summed E-state index contributed by atoms with van der Waals surface area (Å²) in [7, 11) is 0. The van der Waals surface area contributed by atoms with E-state index in [1.807, 2.05) is 182 Å². The van der Waals surface area contributed by atoms with E-state index in [-0.39, 0.29) is 52.7 Å². The number of aliphatic hydroxyl groups is 1. The summed E-state index contributed by atoms with van der Waals surface area (Å²) in [4.78, 5) is 17.7. The van der Waals surface area contributed by atoms with Gasteiger partial charge < -0.3 is 47.7 Å². The number of hydrogen-bond acceptors (Lipinski definition) is 12. The van der Waals surface area contributed by atoms with Crippen LogP contribution in [0.5, 0.6) is 0 Å². The van der Waals surface area contributed by atoms with Crippen LogP contribution in [-0.2, 0) is 87.1 Å². The van der Waals surface area contributed by atoms with Crippen molar-refractivity contribution in [1.82, 2.24) is 0 Å². The Morgan fingerprint density at radius 3 is 1.20 bits per heavy atom. The van der Waals surface area contributed by atoms with Gasteiger partial charge in [0.05, 0.1) is 46.2 Å². The third-order valence-electron chi connectivity index (χ3n) is 15.6. The molecule has 0 radical (unpaired) electrons. The van der Waals surface area contributed by atoms with Crippen LogP contribution in [0.4, 0.5) is 0 Å². The molecule has 0 bridgehead atoms. The summed E-state index contributed by atoms with van der Waals surface area (Å²) < 4.78 is 61.7. The molecule has 1 aliphatic carbocycles. The molecule has 1 heterocycles. The van der Waals surface area contributed by atoms with Crippen molar-refractivity contribution in [1.29, 1.82) is 0 Å². The highest BCUT2D eigenvalue weighted by Gasteiger charge is 2.58. The van der Waals surface area contributed by atoms with E-state index in [4.69, 9.17) is 42.6 Å². The molecule has 1 N–H and O–H groups in total. The smallest absolute Gasteiger partial charge is 0.306 e. The molecule has 2 fully saturated rings. The van der Waals surface area contributed by atoms with Crippen molar-refractivity contribution in [2.24, 2.45) is 5.11 Å². The van der Waals surface area contributed by atoms with Gasteiger partial charge in [-0.15, -0.1) is 0 Å². The van der Waals surface area contributed by atoms with E-state index in [1.165, 1.54) is 57.8 Å². The predicted octanol–water partition coefficient (Wildman–Crippen LogP) is 14.7. The lowest BCUT2D eigenvalue weighted by atomic mass is 9.83. The number of rotatable bonds is 37. The molecule has 0 aromatic heterocycles. The SMILES string of the molecule is CCCCCCCCCCCCCCCC(=O)O[C@@H]1C(OCc2ccccc2)C(OCc2ccccc2)[C@H](OCc2ccccc2)[C@H](O[C@H]2OC(COCc3ccccc3)[C@H](OCc3ccccc3)[C@H](OCc3ccccc3)C2N=[N+]=[N-])C1O. The highest BCUT2D eigenvalue weighted by Crippen LogP contribution is 2.38. The summed E-state index contributed by atoms with van der Waals surface area (Å²) in [5, 5.41) is 17.6. The molecule has 2 aliphatic rings. The molecule has 6 aromatic carbocycles. The van der Waals surface area contributed by atoms with E-state index in [2.05, 4.69) is 16.9 Å². The Bertz CT molecular complexity index is 2750. The number of esters is 1. The Kier molecular flexibility index (Phi) is 27.7. The van der Waals surface area contributed by atoms with Crippen LogP contribution in [0.1, 0.15) is 130 Å². The van der Waals surface area contributed by atoms with Gasteiger partial charge in [0.2, 0.25) is 0 Å². The van der Waals surface area contributed by atoms with Gasteiger partial charge >= 0.3 is 5.97 Å². The summed E-state index contributed by atoms with van der Waals surface area (Å²) in [6.07, 6.45) is 3.68. The molecule has 1 saturated carbocycles. The lowest BCUT2D eigenvalue weighted by Crippen LogP contribution is -2.69. The molecule has 84 heavy (non-hydrogen) atoms. The van der Waals surface area contributed by atoms with Gasteiger partial charge in [0.1, 0.15) is 54.9 Å². The minimum absolute atomic E-state index is 0.0151. The second-order valence-electron chi connectivity index (χ2n) is 22.1. The first-order chi connectivity index (χ1) is 41.5. The molecule has 1 saturated heterocycles. The maximum absolute atomic E-state index is 14.3. The quantitative estimate of drug-likeness (QED) is 0.0129. The number of ether oxygens (including phenoxy) is 9. The van der Waals surface area contributed by atoms with Crippen LogP contribution < -0.4 is 0 Å². The first-order valence-electron chi connectivity index (χ1n) is 30.6. The standard InChI is InChI=1S/C70H87N3O11/c1-2-3-4-5-6-7-8-9-10-11-12-13-32-45-60(74)83-65-62(75)66(68(80-50-57-41-28-18-29-42-57)69(81-51-58-43-30-19-31-44-58)67(65)79-49-56-39-26-17-27-40-56)84-70-61(72-73-71)64(78-48-55-37-24-16-25-38-55)63(77-47-54-35-22-15-23-36-54)59(82-70)52-76-46-53-33-20-14-21-34-53/h14-31,33-44,59,61-70,75H,2-13,32,45-52H2,1H3/t59?,61?,62?,63-,64+,65-,66+,67?,68+,69?,70+/m0/s1. The van der Waals surface area contributed by atoms with Crippen LogP contribution in [0.2, 0.25) is 0 Å². The highest BCUT2D eigenvalue weighted by molar-refractivity contribution is 5.69. The number of carbonyl (C=O) groups is 1. The van der Waals surface area contributed by atoms with E-state index in [0.29, 0.717) is 6.42 Å². The zero-order valence-electron chi connectivity index (χ0n) is 48.9. The van der Waals surface area contributed by atoms with Crippen molar-refractivity contribution in [3.63, 3.8) is 0 Å². The van der Waals surface area contributed by atoms with Gasteiger partial charge in [0, 0.05) is 11.3 Å². The van der Waals surface area contributed by atoms with Gasteiger partial charge in [0.15, 0.2) is 12.4 Å². The Balaban J connectivity index is 1.12. The number of carbonyl (C=O) groups excluding carboxylic acids is 1. The first kappa shape index (κ1) is 63.8. The molecule has 6 aromatic rings. The normalized spacial score (nSPS) is 23.1. The Hall–Kier alpha value is -6.26. The Labute approximate surface area is 497 Å². The van der Waals surface area contributed by atoms with Crippen LogP contribution in [0.3, 0.4) is 0 Å². The fraction of sp³-hybridized carbons (Fsp3) is 0.471.